The van der Waals surface area contributed by atoms with Gasteiger partial charge in [-0.05, 0) is 24.1 Å². The van der Waals surface area contributed by atoms with E-state index in [2.05, 4.69) is 20.4 Å². The highest BCUT2D eigenvalue weighted by Crippen LogP contribution is 2.33. The van der Waals surface area contributed by atoms with Crippen LogP contribution >= 0.6 is 0 Å². The van der Waals surface area contributed by atoms with E-state index in [1.165, 1.54) is 0 Å². The maximum atomic E-state index is 15.0. The molecule has 1 aromatic carbocycles. The van der Waals surface area contributed by atoms with Crippen LogP contribution in [0.15, 0.2) is 43.0 Å². The molecule has 4 heterocycles. The van der Waals surface area contributed by atoms with Gasteiger partial charge in [-0.1, -0.05) is 6.07 Å². The smallest absolute Gasteiger partial charge is 0.147 e. The fourth-order valence-corrected chi connectivity index (χ4v) is 4.43. The Kier molecular flexibility index (Phi) is 5.07. The van der Waals surface area contributed by atoms with Gasteiger partial charge in [-0.3, -0.25) is 9.67 Å². The van der Waals surface area contributed by atoms with Crippen molar-refractivity contribution in [2.45, 2.75) is 30.7 Å². The Morgan fingerprint density at radius 1 is 1.19 bits per heavy atom. The van der Waals surface area contributed by atoms with Gasteiger partial charge in [0, 0.05) is 37.5 Å². The molecule has 0 unspecified atom stereocenters. The molecule has 0 radical (unpaired) electrons. The molecule has 8 nitrogen and oxygen atoms in total. The van der Waals surface area contributed by atoms with Gasteiger partial charge >= 0.3 is 0 Å². The van der Waals surface area contributed by atoms with Crippen molar-refractivity contribution in [1.82, 2.24) is 25.1 Å². The molecular weight excluding hydrogens is 399 g/mol. The minimum atomic E-state index is -1.05. The number of phenols is 1. The van der Waals surface area contributed by atoms with Gasteiger partial charge in [0.15, 0.2) is 0 Å². The van der Waals surface area contributed by atoms with E-state index in [4.69, 9.17) is 4.74 Å². The monoisotopic (exact) mass is 424 g/mol. The molecule has 2 aliphatic heterocycles. The zero-order valence-corrected chi connectivity index (χ0v) is 17.4. The van der Waals surface area contributed by atoms with Crippen LogP contribution in [0.5, 0.6) is 5.75 Å². The minimum Gasteiger partial charge on any atom is -0.507 e. The van der Waals surface area contributed by atoms with E-state index in [9.17, 15) is 9.50 Å². The van der Waals surface area contributed by atoms with Crippen LogP contribution in [0, 0.1) is 0 Å². The highest BCUT2D eigenvalue weighted by molar-refractivity contribution is 5.73. The molecule has 0 saturated carbocycles. The second-order valence-electron chi connectivity index (χ2n) is 8.26. The fraction of sp³-hybridized carbons (Fsp3) is 0.409. The average molecular weight is 424 g/mol. The summed E-state index contributed by atoms with van der Waals surface area (Å²) in [7, 11) is 3.70. The van der Waals surface area contributed by atoms with Gasteiger partial charge in [-0.2, -0.15) is 5.10 Å². The zero-order chi connectivity index (χ0) is 21.5. The second kappa shape index (κ2) is 7.90. The van der Waals surface area contributed by atoms with Gasteiger partial charge in [0.2, 0.25) is 0 Å². The summed E-state index contributed by atoms with van der Waals surface area (Å²) in [6.45, 7) is 0.993. The topological polar surface area (TPSA) is 88.3 Å². The summed E-state index contributed by atoms with van der Waals surface area (Å²) < 4.78 is 22.2. The quantitative estimate of drug-likeness (QED) is 0.664. The number of aromatic nitrogens is 4. The number of nitrogens with zero attached hydrogens (tertiary/aromatic N) is 5. The van der Waals surface area contributed by atoms with Crippen LogP contribution in [0.4, 0.5) is 10.2 Å². The van der Waals surface area contributed by atoms with Crippen LogP contribution in [0.2, 0.25) is 0 Å². The summed E-state index contributed by atoms with van der Waals surface area (Å²) in [5.74, 6) is 0.718. The lowest BCUT2D eigenvalue weighted by Gasteiger charge is -2.45. The van der Waals surface area contributed by atoms with Crippen molar-refractivity contribution in [3.63, 3.8) is 0 Å². The van der Waals surface area contributed by atoms with Crippen LogP contribution in [-0.2, 0) is 11.8 Å². The number of nitrogens with one attached hydrogen (secondary N) is 1. The van der Waals surface area contributed by atoms with Gasteiger partial charge in [0.25, 0.3) is 0 Å². The number of morpholine rings is 1. The summed E-state index contributed by atoms with van der Waals surface area (Å²) >= 11 is 0. The Hall–Kier alpha value is -3.04. The van der Waals surface area contributed by atoms with Crippen LogP contribution in [0.3, 0.4) is 0 Å². The van der Waals surface area contributed by atoms with Crippen molar-refractivity contribution in [3.05, 3.63) is 43.0 Å². The Morgan fingerprint density at radius 3 is 2.77 bits per heavy atom. The van der Waals surface area contributed by atoms with Crippen molar-refractivity contribution in [2.75, 3.05) is 25.2 Å². The molecule has 31 heavy (non-hydrogen) atoms. The number of hydrogen-bond donors (Lipinski definition) is 2. The first-order valence-corrected chi connectivity index (χ1v) is 10.3. The number of alkyl halides is 1. The minimum absolute atomic E-state index is 0.117. The predicted molar refractivity (Wildman–Crippen MR) is 115 cm³/mol. The van der Waals surface area contributed by atoms with E-state index in [-0.39, 0.29) is 23.9 Å². The SMILES string of the molecule is CN(c1cnc(-c2ccc(-c3cnn(C)c3)cc2O)cn1)[C@H]1C[C@@H]2COC[C@@H](N2)[C@H]1F. The predicted octanol–water partition coefficient (Wildman–Crippen LogP) is 2.15. The summed E-state index contributed by atoms with van der Waals surface area (Å²) in [6.07, 6.45) is 6.48. The number of rotatable bonds is 4. The van der Waals surface area contributed by atoms with Gasteiger partial charge < -0.3 is 20.1 Å². The first-order valence-electron chi connectivity index (χ1n) is 10.3. The molecule has 2 aromatic heterocycles. The average Bonchev–Trinajstić information content (AvgIpc) is 3.22. The lowest BCUT2D eigenvalue weighted by molar-refractivity contribution is -0.0175. The molecule has 9 heteroatoms. The number of benzene rings is 1. The number of fused-ring (bicyclic) bond motifs is 2. The zero-order valence-electron chi connectivity index (χ0n) is 17.4. The van der Waals surface area contributed by atoms with E-state index < -0.39 is 6.17 Å². The third-order valence-electron chi connectivity index (χ3n) is 6.15. The number of halogens is 1. The standard InChI is InChI=1S/C22H25FN6O2/c1-28-10-14(7-26-28)13-3-4-16(20(30)5-13)17-8-25-21(9-24-17)29(2)19-6-15-11-31-12-18(27-15)22(19)23/h3-5,7-10,15,18-19,22,27,30H,6,11-12H2,1-2H3/t15-,18-,19+,22-/m1/s1. The van der Waals surface area contributed by atoms with Crippen molar-refractivity contribution in [2.24, 2.45) is 7.05 Å². The summed E-state index contributed by atoms with van der Waals surface area (Å²) in [5, 5.41) is 18.0. The largest absolute Gasteiger partial charge is 0.507 e. The van der Waals surface area contributed by atoms with Crippen LogP contribution in [0.25, 0.3) is 22.4 Å². The molecule has 2 saturated heterocycles. The van der Waals surface area contributed by atoms with E-state index in [1.807, 2.05) is 37.3 Å². The van der Waals surface area contributed by atoms with E-state index in [0.717, 1.165) is 11.1 Å². The third-order valence-corrected chi connectivity index (χ3v) is 6.15. The number of aryl methyl sites for hydroxylation is 1. The number of anilines is 1. The van der Waals surface area contributed by atoms with Crippen molar-refractivity contribution >= 4 is 5.82 Å². The molecule has 0 amide bonds. The summed E-state index contributed by atoms with van der Waals surface area (Å²) in [4.78, 5) is 10.9. The molecule has 3 aromatic rings. The maximum absolute atomic E-state index is 15.0. The van der Waals surface area contributed by atoms with E-state index >= 15 is 0 Å². The van der Waals surface area contributed by atoms with Crippen LogP contribution in [0.1, 0.15) is 6.42 Å². The van der Waals surface area contributed by atoms with E-state index in [0.29, 0.717) is 36.7 Å². The number of ether oxygens (including phenoxy) is 1. The van der Waals surface area contributed by atoms with Gasteiger partial charge in [0.05, 0.1) is 49.6 Å². The fourth-order valence-electron chi connectivity index (χ4n) is 4.43. The van der Waals surface area contributed by atoms with Crippen molar-refractivity contribution in [1.29, 1.82) is 0 Å². The van der Waals surface area contributed by atoms with Crippen LogP contribution < -0.4 is 10.2 Å². The first-order chi connectivity index (χ1) is 15.0. The molecule has 2 bridgehead atoms. The molecule has 4 atom stereocenters. The van der Waals surface area contributed by atoms with Gasteiger partial charge in [0.1, 0.15) is 17.7 Å². The Labute approximate surface area is 179 Å². The molecule has 2 N–H and O–H groups in total. The van der Waals surface area contributed by atoms with E-state index in [1.54, 1.807) is 29.3 Å². The molecule has 2 aliphatic rings. The molecular formula is C22H25FN6O2. The lowest BCUT2D eigenvalue weighted by Crippen LogP contribution is -2.65. The Morgan fingerprint density at radius 2 is 2.06 bits per heavy atom. The van der Waals surface area contributed by atoms with Crippen molar-refractivity contribution < 1.29 is 14.2 Å². The molecule has 162 valence electrons. The molecule has 5 rings (SSSR count). The first kappa shape index (κ1) is 19.9. The summed E-state index contributed by atoms with van der Waals surface area (Å²) in [5.41, 5.74) is 2.93. The normalized spacial score (nSPS) is 25.4. The number of piperidine rings is 1. The number of aromatic hydroxyl groups is 1. The van der Waals surface area contributed by atoms with Gasteiger partial charge in [-0.15, -0.1) is 0 Å². The van der Waals surface area contributed by atoms with Crippen LogP contribution in [-0.4, -0.2) is 69.4 Å². The second-order valence-corrected chi connectivity index (χ2v) is 8.26. The molecule has 2 fully saturated rings. The number of hydrogen-bond acceptors (Lipinski definition) is 7. The Balaban J connectivity index is 1.35. The highest BCUT2D eigenvalue weighted by Gasteiger charge is 2.42. The maximum Gasteiger partial charge on any atom is 0.147 e. The molecule has 0 spiro atoms. The highest BCUT2D eigenvalue weighted by atomic mass is 19.1. The molecule has 0 aliphatic carbocycles. The Bertz CT molecular complexity index is 1070. The van der Waals surface area contributed by atoms with Crippen molar-refractivity contribution in [3.8, 4) is 28.1 Å². The third kappa shape index (κ3) is 3.75. The summed E-state index contributed by atoms with van der Waals surface area (Å²) in [6, 6.07) is 5.00. The van der Waals surface area contributed by atoms with Gasteiger partial charge in [-0.25, -0.2) is 9.37 Å². The number of phenolic OH excluding ortho intramolecular Hbond substituents is 1. The lowest BCUT2D eigenvalue weighted by atomic mass is 9.90.